The Labute approximate surface area is 183 Å². The van der Waals surface area contributed by atoms with E-state index in [4.69, 9.17) is 34.8 Å². The minimum absolute atomic E-state index is 0.296. The van der Waals surface area contributed by atoms with E-state index in [0.717, 1.165) is 41.7 Å². The van der Waals surface area contributed by atoms with Crippen molar-refractivity contribution in [1.82, 2.24) is 10.2 Å². The molecule has 0 aromatic heterocycles. The second-order valence-electron chi connectivity index (χ2n) is 7.40. The summed E-state index contributed by atoms with van der Waals surface area (Å²) in [7, 11) is 2.15. The fourth-order valence-corrected chi connectivity index (χ4v) is 4.41. The Kier molecular flexibility index (Phi) is 8.31. The van der Waals surface area contributed by atoms with Gasteiger partial charge in [0.2, 0.25) is 0 Å². The van der Waals surface area contributed by atoms with Crippen LogP contribution in [0.3, 0.4) is 0 Å². The molecule has 0 bridgehead atoms. The second kappa shape index (κ2) is 10.7. The zero-order chi connectivity index (χ0) is 19.9. The molecule has 2 fully saturated rings. The number of halogens is 3. The monoisotopic (exact) mass is 439 g/mol. The average Bonchev–Trinajstić information content (AvgIpc) is 2.70. The van der Waals surface area contributed by atoms with Gasteiger partial charge in [0.25, 0.3) is 0 Å². The van der Waals surface area contributed by atoms with E-state index in [1.807, 2.05) is 30.3 Å². The van der Waals surface area contributed by atoms with E-state index in [9.17, 15) is 0 Å². The number of piperazine rings is 1. The summed E-state index contributed by atoms with van der Waals surface area (Å²) in [6, 6.07) is 14.1. The van der Waals surface area contributed by atoms with Crippen molar-refractivity contribution in [3.05, 3.63) is 63.1 Å². The van der Waals surface area contributed by atoms with E-state index in [1.165, 1.54) is 31.6 Å². The molecule has 1 atom stereocenters. The summed E-state index contributed by atoms with van der Waals surface area (Å²) in [6.45, 7) is 5.78. The summed E-state index contributed by atoms with van der Waals surface area (Å²) in [6.07, 6.45) is 3.52. The maximum atomic E-state index is 6.41. The molecule has 1 unspecified atom stereocenters. The van der Waals surface area contributed by atoms with E-state index in [2.05, 4.69) is 34.3 Å². The van der Waals surface area contributed by atoms with Crippen molar-refractivity contribution < 1.29 is 0 Å². The molecule has 0 amide bonds. The molecule has 2 heterocycles. The van der Waals surface area contributed by atoms with Crippen molar-refractivity contribution in [2.75, 3.05) is 44.7 Å². The zero-order valence-corrected chi connectivity index (χ0v) is 18.6. The van der Waals surface area contributed by atoms with Gasteiger partial charge in [0.05, 0.1) is 6.04 Å². The summed E-state index contributed by atoms with van der Waals surface area (Å²) < 4.78 is 0. The second-order valence-corrected chi connectivity index (χ2v) is 8.68. The number of piperidine rings is 1. The predicted octanol–water partition coefficient (Wildman–Crippen LogP) is 5.90. The number of nitrogens with one attached hydrogen (secondary N) is 1. The van der Waals surface area contributed by atoms with Crippen molar-refractivity contribution in [3.8, 4) is 0 Å². The van der Waals surface area contributed by atoms with Crippen LogP contribution in [0.4, 0.5) is 5.69 Å². The van der Waals surface area contributed by atoms with Gasteiger partial charge >= 0.3 is 0 Å². The van der Waals surface area contributed by atoms with Gasteiger partial charge in [-0.05, 0) is 68.3 Å². The van der Waals surface area contributed by atoms with Crippen molar-refractivity contribution in [3.63, 3.8) is 0 Å². The number of benzene rings is 2. The van der Waals surface area contributed by atoms with E-state index >= 15 is 0 Å². The highest BCUT2D eigenvalue weighted by molar-refractivity contribution is 6.35. The third kappa shape index (κ3) is 6.01. The van der Waals surface area contributed by atoms with Gasteiger partial charge < -0.3 is 15.1 Å². The maximum absolute atomic E-state index is 6.41. The van der Waals surface area contributed by atoms with E-state index in [-0.39, 0.29) is 0 Å². The van der Waals surface area contributed by atoms with Crippen molar-refractivity contribution in [2.24, 2.45) is 0 Å². The fraction of sp³-hybridized carbons (Fsp3) is 0.455. The average molecular weight is 441 g/mol. The number of hydrogen-bond donors (Lipinski definition) is 1. The molecule has 2 aromatic carbocycles. The molecule has 6 heteroatoms. The summed E-state index contributed by atoms with van der Waals surface area (Å²) in [5.74, 6) is 0. The van der Waals surface area contributed by atoms with Gasteiger partial charge in [-0.15, -0.1) is 0 Å². The Hall–Kier alpha value is -0.970. The normalized spacial score (nSPS) is 20.4. The largest absolute Gasteiger partial charge is 0.364 e. The first-order valence-electron chi connectivity index (χ1n) is 9.91. The first kappa shape index (κ1) is 21.7. The fourth-order valence-electron chi connectivity index (χ4n) is 3.74. The van der Waals surface area contributed by atoms with Crippen LogP contribution in [0.25, 0.3) is 0 Å². The molecule has 1 N–H and O–H groups in total. The van der Waals surface area contributed by atoms with Gasteiger partial charge in [-0.25, -0.2) is 0 Å². The van der Waals surface area contributed by atoms with Crippen LogP contribution in [0.15, 0.2) is 42.5 Å². The highest BCUT2D eigenvalue weighted by atomic mass is 35.5. The molecule has 28 heavy (non-hydrogen) atoms. The van der Waals surface area contributed by atoms with Crippen LogP contribution in [-0.2, 0) is 0 Å². The van der Waals surface area contributed by atoms with Gasteiger partial charge in [-0.2, -0.15) is 0 Å². The molecule has 2 aromatic rings. The summed E-state index contributed by atoms with van der Waals surface area (Å²) in [5.41, 5.74) is 2.34. The van der Waals surface area contributed by atoms with Gasteiger partial charge in [0, 0.05) is 53.5 Å². The molecule has 0 radical (unpaired) electrons. The number of nitrogens with zero attached hydrogens (tertiary/aromatic N) is 2. The van der Waals surface area contributed by atoms with Crippen molar-refractivity contribution >= 4 is 40.5 Å². The number of anilines is 1. The smallest absolute Gasteiger partial charge is 0.0557 e. The topological polar surface area (TPSA) is 18.5 Å². The van der Waals surface area contributed by atoms with Gasteiger partial charge in [-0.3, -0.25) is 0 Å². The Balaban J connectivity index is 0.000000271. The lowest BCUT2D eigenvalue weighted by Crippen LogP contribution is -2.40. The molecule has 0 aliphatic carbocycles. The first-order chi connectivity index (χ1) is 13.5. The van der Waals surface area contributed by atoms with Crippen LogP contribution in [0.2, 0.25) is 15.1 Å². The number of rotatable bonds is 2. The summed E-state index contributed by atoms with van der Waals surface area (Å²) in [5, 5.41) is 5.46. The lowest BCUT2D eigenvalue weighted by molar-refractivity contribution is 0.291. The molecule has 0 saturated carbocycles. The Morgan fingerprint density at radius 2 is 1.54 bits per heavy atom. The maximum Gasteiger partial charge on any atom is 0.0557 e. The quantitative estimate of drug-likeness (QED) is 0.627. The van der Waals surface area contributed by atoms with Crippen LogP contribution in [-0.4, -0.2) is 44.7 Å². The Bertz CT molecular complexity index is 745. The molecular weight excluding hydrogens is 413 g/mol. The van der Waals surface area contributed by atoms with E-state index < -0.39 is 0 Å². The highest BCUT2D eigenvalue weighted by Gasteiger charge is 2.26. The molecule has 152 valence electrons. The minimum Gasteiger partial charge on any atom is -0.364 e. The third-order valence-electron chi connectivity index (χ3n) is 5.32. The van der Waals surface area contributed by atoms with E-state index in [0.29, 0.717) is 11.1 Å². The summed E-state index contributed by atoms with van der Waals surface area (Å²) in [4.78, 5) is 4.74. The first-order valence-corrected chi connectivity index (χ1v) is 11.0. The van der Waals surface area contributed by atoms with Crippen LogP contribution in [0.5, 0.6) is 0 Å². The van der Waals surface area contributed by atoms with E-state index in [1.54, 1.807) is 0 Å². The Morgan fingerprint density at radius 3 is 2.14 bits per heavy atom. The zero-order valence-electron chi connectivity index (χ0n) is 16.3. The van der Waals surface area contributed by atoms with Gasteiger partial charge in [0.15, 0.2) is 0 Å². The van der Waals surface area contributed by atoms with Crippen LogP contribution in [0, 0.1) is 0 Å². The van der Waals surface area contributed by atoms with Crippen molar-refractivity contribution in [1.29, 1.82) is 0 Å². The molecular formula is C22H28Cl3N3. The SMILES string of the molecule is CN1CCNCC1.Clc1ccc(N2CCCCC2c2ccc(Cl)cc2Cl)cc1. The Morgan fingerprint density at radius 1 is 0.857 bits per heavy atom. The lowest BCUT2D eigenvalue weighted by atomic mass is 9.94. The van der Waals surface area contributed by atoms with Gasteiger partial charge in [0.1, 0.15) is 0 Å². The molecule has 2 aliphatic rings. The van der Waals surface area contributed by atoms with Crippen LogP contribution < -0.4 is 10.2 Å². The number of likely N-dealkylation sites (N-methyl/N-ethyl adjacent to an activating group) is 1. The molecule has 2 aliphatic heterocycles. The van der Waals surface area contributed by atoms with Crippen LogP contribution in [0.1, 0.15) is 30.9 Å². The van der Waals surface area contributed by atoms with Crippen LogP contribution >= 0.6 is 34.8 Å². The standard InChI is InChI=1S/C17H16Cl3N.C5H12N2/c18-12-4-7-14(8-5-12)21-10-2-1-3-17(21)15-9-6-13(19)11-16(15)20;1-7-4-2-6-3-5-7/h4-9,11,17H,1-3,10H2;6H,2-5H2,1H3. The molecule has 4 rings (SSSR count). The van der Waals surface area contributed by atoms with Gasteiger partial charge in [-0.1, -0.05) is 40.9 Å². The highest BCUT2D eigenvalue weighted by Crippen LogP contribution is 2.38. The molecule has 0 spiro atoms. The number of hydrogen-bond acceptors (Lipinski definition) is 3. The molecule has 3 nitrogen and oxygen atoms in total. The third-order valence-corrected chi connectivity index (χ3v) is 6.14. The predicted molar refractivity (Wildman–Crippen MR) is 122 cm³/mol. The summed E-state index contributed by atoms with van der Waals surface area (Å²) >= 11 is 18.4. The molecule has 2 saturated heterocycles. The lowest BCUT2D eigenvalue weighted by Gasteiger charge is -2.38. The van der Waals surface area contributed by atoms with Crippen molar-refractivity contribution in [2.45, 2.75) is 25.3 Å². The minimum atomic E-state index is 0.296.